The Morgan fingerprint density at radius 1 is 1.17 bits per heavy atom. The molecule has 0 unspecified atom stereocenters. The summed E-state index contributed by atoms with van der Waals surface area (Å²) < 4.78 is 1.78. The maximum absolute atomic E-state index is 12.2. The summed E-state index contributed by atoms with van der Waals surface area (Å²) >= 11 is 6.09. The zero-order valence-electron chi connectivity index (χ0n) is 13.3. The topological polar surface area (TPSA) is 51.1 Å². The SMILES string of the molecule is Cc1ccc2c(c1)c(=O)ccn2CC(=O)NCc1ccccc1Cl. The van der Waals surface area contributed by atoms with Crippen LogP contribution in [0.5, 0.6) is 0 Å². The fraction of sp³-hybridized carbons (Fsp3) is 0.158. The Balaban J connectivity index is 1.78. The number of benzene rings is 2. The second kappa shape index (κ2) is 6.89. The molecular weight excluding hydrogens is 324 g/mol. The lowest BCUT2D eigenvalue weighted by atomic mass is 10.1. The van der Waals surface area contributed by atoms with Gasteiger partial charge in [0.15, 0.2) is 5.43 Å². The normalized spacial score (nSPS) is 10.8. The minimum atomic E-state index is -0.138. The van der Waals surface area contributed by atoms with E-state index in [1.165, 1.54) is 6.07 Å². The first kappa shape index (κ1) is 16.3. The molecule has 0 bridgehead atoms. The van der Waals surface area contributed by atoms with Crippen LogP contribution in [0.1, 0.15) is 11.1 Å². The van der Waals surface area contributed by atoms with Crippen molar-refractivity contribution in [3.05, 3.63) is 81.1 Å². The van der Waals surface area contributed by atoms with Gasteiger partial charge in [0, 0.05) is 29.2 Å². The van der Waals surface area contributed by atoms with Crippen molar-refractivity contribution in [2.24, 2.45) is 0 Å². The number of carbonyl (C=O) groups is 1. The highest BCUT2D eigenvalue weighted by molar-refractivity contribution is 6.31. The average molecular weight is 341 g/mol. The second-order valence-corrected chi connectivity index (χ2v) is 6.10. The van der Waals surface area contributed by atoms with E-state index >= 15 is 0 Å². The molecule has 0 atom stereocenters. The van der Waals surface area contributed by atoms with Gasteiger partial charge in [-0.3, -0.25) is 9.59 Å². The predicted molar refractivity (Wildman–Crippen MR) is 96.2 cm³/mol. The molecule has 1 amide bonds. The van der Waals surface area contributed by atoms with Crippen LogP contribution < -0.4 is 10.7 Å². The molecular formula is C19H17ClN2O2. The molecule has 122 valence electrons. The molecule has 0 spiro atoms. The summed E-state index contributed by atoms with van der Waals surface area (Å²) in [7, 11) is 0. The van der Waals surface area contributed by atoms with Gasteiger partial charge in [-0.25, -0.2) is 0 Å². The lowest BCUT2D eigenvalue weighted by Gasteiger charge is -2.12. The lowest BCUT2D eigenvalue weighted by Crippen LogP contribution is -2.27. The van der Waals surface area contributed by atoms with E-state index in [2.05, 4.69) is 5.32 Å². The van der Waals surface area contributed by atoms with Crippen LogP contribution in [0.4, 0.5) is 0 Å². The monoisotopic (exact) mass is 340 g/mol. The second-order valence-electron chi connectivity index (χ2n) is 5.70. The number of pyridine rings is 1. The van der Waals surface area contributed by atoms with Crippen LogP contribution in [0.2, 0.25) is 5.02 Å². The van der Waals surface area contributed by atoms with Gasteiger partial charge < -0.3 is 9.88 Å². The fourth-order valence-electron chi connectivity index (χ4n) is 2.61. The van der Waals surface area contributed by atoms with Gasteiger partial charge in [-0.2, -0.15) is 0 Å². The van der Waals surface area contributed by atoms with Crippen molar-refractivity contribution in [2.45, 2.75) is 20.0 Å². The highest BCUT2D eigenvalue weighted by Gasteiger charge is 2.08. The predicted octanol–water partition coefficient (Wildman–Crippen LogP) is 3.28. The van der Waals surface area contributed by atoms with Gasteiger partial charge in [0.05, 0.1) is 5.52 Å². The third-order valence-electron chi connectivity index (χ3n) is 3.88. The summed E-state index contributed by atoms with van der Waals surface area (Å²) in [5.41, 5.74) is 2.59. The first-order valence-electron chi connectivity index (χ1n) is 7.64. The molecule has 5 heteroatoms. The summed E-state index contributed by atoms with van der Waals surface area (Å²) in [5.74, 6) is -0.138. The van der Waals surface area contributed by atoms with E-state index in [9.17, 15) is 9.59 Å². The zero-order valence-corrected chi connectivity index (χ0v) is 14.0. The van der Waals surface area contributed by atoms with Crippen LogP contribution in [-0.2, 0) is 17.9 Å². The highest BCUT2D eigenvalue weighted by atomic mass is 35.5. The largest absolute Gasteiger partial charge is 0.350 e. The molecule has 3 rings (SSSR count). The first-order valence-corrected chi connectivity index (χ1v) is 8.02. The molecule has 0 aliphatic rings. The molecule has 0 saturated carbocycles. The molecule has 0 aliphatic carbocycles. The zero-order chi connectivity index (χ0) is 17.1. The van der Waals surface area contributed by atoms with Crippen LogP contribution in [-0.4, -0.2) is 10.5 Å². The quantitative estimate of drug-likeness (QED) is 0.792. The number of aryl methyl sites for hydroxylation is 1. The molecule has 2 aromatic carbocycles. The molecule has 0 radical (unpaired) electrons. The number of halogens is 1. The lowest BCUT2D eigenvalue weighted by molar-refractivity contribution is -0.121. The summed E-state index contributed by atoms with van der Waals surface area (Å²) in [6, 6.07) is 14.5. The third kappa shape index (κ3) is 3.49. The molecule has 24 heavy (non-hydrogen) atoms. The maximum atomic E-state index is 12.2. The molecule has 4 nitrogen and oxygen atoms in total. The van der Waals surface area contributed by atoms with E-state index in [1.54, 1.807) is 16.8 Å². The number of hydrogen-bond donors (Lipinski definition) is 1. The number of carbonyl (C=O) groups excluding carboxylic acids is 1. The van der Waals surface area contributed by atoms with Gasteiger partial charge in [0.2, 0.25) is 5.91 Å². The summed E-state index contributed by atoms with van der Waals surface area (Å²) in [5, 5.41) is 4.11. The van der Waals surface area contributed by atoms with Crippen LogP contribution in [0.25, 0.3) is 10.9 Å². The Morgan fingerprint density at radius 3 is 2.75 bits per heavy atom. The van der Waals surface area contributed by atoms with E-state index in [-0.39, 0.29) is 17.9 Å². The molecule has 0 aliphatic heterocycles. The maximum Gasteiger partial charge on any atom is 0.240 e. The number of nitrogens with one attached hydrogen (secondary N) is 1. The van der Waals surface area contributed by atoms with Crippen LogP contribution >= 0.6 is 11.6 Å². The van der Waals surface area contributed by atoms with Crippen LogP contribution in [0.15, 0.2) is 59.5 Å². The van der Waals surface area contributed by atoms with Gasteiger partial charge in [-0.1, -0.05) is 41.4 Å². The van der Waals surface area contributed by atoms with Crippen molar-refractivity contribution >= 4 is 28.4 Å². The number of amides is 1. The van der Waals surface area contributed by atoms with Crippen molar-refractivity contribution < 1.29 is 4.79 Å². The van der Waals surface area contributed by atoms with Crippen molar-refractivity contribution in [3.63, 3.8) is 0 Å². The summed E-state index contributed by atoms with van der Waals surface area (Å²) in [6.45, 7) is 2.45. The minimum Gasteiger partial charge on any atom is -0.350 e. The standard InChI is InChI=1S/C19H17ClN2O2/c1-13-6-7-17-15(10-13)18(23)8-9-22(17)12-19(24)21-11-14-4-2-3-5-16(14)20/h2-10H,11-12H2,1H3,(H,21,24). The Kier molecular flexibility index (Phi) is 4.67. The number of hydrogen-bond acceptors (Lipinski definition) is 2. The van der Waals surface area contributed by atoms with Crippen molar-refractivity contribution in [1.82, 2.24) is 9.88 Å². The van der Waals surface area contributed by atoms with Crippen molar-refractivity contribution in [3.8, 4) is 0 Å². The molecule has 0 saturated heterocycles. The first-order chi connectivity index (χ1) is 11.5. The molecule has 1 N–H and O–H groups in total. The van der Waals surface area contributed by atoms with E-state index in [1.807, 2.05) is 43.3 Å². The van der Waals surface area contributed by atoms with Crippen LogP contribution in [0, 0.1) is 6.92 Å². The number of aromatic nitrogens is 1. The Bertz CT molecular complexity index is 963. The number of fused-ring (bicyclic) bond motifs is 1. The highest BCUT2D eigenvalue weighted by Crippen LogP contribution is 2.15. The number of rotatable bonds is 4. The molecule has 1 aromatic heterocycles. The minimum absolute atomic E-state index is 0.0403. The van der Waals surface area contributed by atoms with E-state index in [0.717, 1.165) is 16.6 Å². The van der Waals surface area contributed by atoms with Gasteiger partial charge in [-0.15, -0.1) is 0 Å². The smallest absolute Gasteiger partial charge is 0.240 e. The summed E-state index contributed by atoms with van der Waals surface area (Å²) in [4.78, 5) is 24.2. The Hall–Kier alpha value is -2.59. The van der Waals surface area contributed by atoms with E-state index in [4.69, 9.17) is 11.6 Å². The van der Waals surface area contributed by atoms with Crippen molar-refractivity contribution in [1.29, 1.82) is 0 Å². The van der Waals surface area contributed by atoms with Crippen LogP contribution in [0.3, 0.4) is 0 Å². The van der Waals surface area contributed by atoms with Gasteiger partial charge in [0.25, 0.3) is 0 Å². The van der Waals surface area contributed by atoms with E-state index in [0.29, 0.717) is 17.0 Å². The van der Waals surface area contributed by atoms with E-state index < -0.39 is 0 Å². The molecule has 3 aromatic rings. The van der Waals surface area contributed by atoms with Gasteiger partial charge in [-0.05, 0) is 30.7 Å². The molecule has 1 heterocycles. The van der Waals surface area contributed by atoms with Gasteiger partial charge in [0.1, 0.15) is 6.54 Å². The van der Waals surface area contributed by atoms with Crippen molar-refractivity contribution in [2.75, 3.05) is 0 Å². The Labute approximate surface area is 144 Å². The average Bonchev–Trinajstić information content (AvgIpc) is 2.57. The third-order valence-corrected chi connectivity index (χ3v) is 4.25. The number of nitrogens with zero attached hydrogens (tertiary/aromatic N) is 1. The Morgan fingerprint density at radius 2 is 1.96 bits per heavy atom. The molecule has 0 fully saturated rings. The fourth-order valence-corrected chi connectivity index (χ4v) is 2.81. The van der Waals surface area contributed by atoms with Gasteiger partial charge >= 0.3 is 0 Å². The summed E-state index contributed by atoms with van der Waals surface area (Å²) in [6.07, 6.45) is 1.65.